The molecule has 0 unspecified atom stereocenters. The van der Waals surface area contributed by atoms with Crippen LogP contribution in [0.2, 0.25) is 0 Å². The second-order valence-corrected chi connectivity index (χ2v) is 3.64. The van der Waals surface area contributed by atoms with Gasteiger partial charge in [0, 0.05) is 12.0 Å². The van der Waals surface area contributed by atoms with Gasteiger partial charge in [0.1, 0.15) is 0 Å². The van der Waals surface area contributed by atoms with Gasteiger partial charge in [0.05, 0.1) is 0 Å². The van der Waals surface area contributed by atoms with E-state index in [2.05, 4.69) is 5.32 Å². The molecule has 2 heteroatoms. The van der Waals surface area contributed by atoms with E-state index in [1.165, 1.54) is 25.7 Å². The Morgan fingerprint density at radius 1 is 1.36 bits per heavy atom. The molecule has 0 aromatic heterocycles. The van der Waals surface area contributed by atoms with Gasteiger partial charge < -0.3 is 5.32 Å². The van der Waals surface area contributed by atoms with E-state index in [0.717, 1.165) is 0 Å². The molecule has 1 aliphatic carbocycles. The van der Waals surface area contributed by atoms with Crippen molar-refractivity contribution in [3.63, 3.8) is 0 Å². The van der Waals surface area contributed by atoms with Crippen LogP contribution in [0, 0.1) is 5.92 Å². The fraction of sp³-hybridized carbons (Fsp3) is 0.889. The van der Waals surface area contributed by atoms with Gasteiger partial charge in [-0.3, -0.25) is 4.79 Å². The van der Waals surface area contributed by atoms with Crippen LogP contribution in [0.25, 0.3) is 0 Å². The van der Waals surface area contributed by atoms with Crippen molar-refractivity contribution in [2.24, 2.45) is 5.92 Å². The van der Waals surface area contributed by atoms with Crippen molar-refractivity contribution >= 4 is 5.91 Å². The molecule has 1 rings (SSSR count). The predicted molar refractivity (Wildman–Crippen MR) is 45.2 cm³/mol. The number of carbonyl (C=O) groups excluding carboxylic acids is 1. The summed E-state index contributed by atoms with van der Waals surface area (Å²) < 4.78 is 0. The number of hydrogen-bond donors (Lipinski definition) is 1. The highest BCUT2D eigenvalue weighted by Crippen LogP contribution is 2.17. The minimum atomic E-state index is 0.135. The lowest BCUT2D eigenvalue weighted by Gasteiger charge is -2.13. The molecule has 1 fully saturated rings. The summed E-state index contributed by atoms with van der Waals surface area (Å²) in [5, 5.41) is 3.04. The fourth-order valence-electron chi connectivity index (χ4n) is 1.44. The van der Waals surface area contributed by atoms with E-state index < -0.39 is 0 Å². The minimum Gasteiger partial charge on any atom is -0.353 e. The van der Waals surface area contributed by atoms with Gasteiger partial charge in [-0.2, -0.15) is 0 Å². The van der Waals surface area contributed by atoms with E-state index in [-0.39, 0.29) is 11.8 Å². The summed E-state index contributed by atoms with van der Waals surface area (Å²) in [6, 6.07) is 0.477. The Kier molecular flexibility index (Phi) is 2.92. The average molecular weight is 155 g/mol. The summed E-state index contributed by atoms with van der Waals surface area (Å²) in [7, 11) is 0. The van der Waals surface area contributed by atoms with E-state index in [0.29, 0.717) is 6.04 Å². The zero-order valence-corrected chi connectivity index (χ0v) is 7.39. The lowest BCUT2D eigenvalue weighted by molar-refractivity contribution is -0.124. The van der Waals surface area contributed by atoms with Crippen LogP contribution >= 0.6 is 0 Å². The summed E-state index contributed by atoms with van der Waals surface area (Å²) >= 11 is 0. The molecule has 1 N–H and O–H groups in total. The van der Waals surface area contributed by atoms with Crippen LogP contribution in [-0.4, -0.2) is 11.9 Å². The summed E-state index contributed by atoms with van der Waals surface area (Å²) in [5.74, 6) is 0.340. The number of rotatable bonds is 2. The van der Waals surface area contributed by atoms with Gasteiger partial charge in [-0.05, 0) is 12.8 Å². The molecule has 64 valence electrons. The monoisotopic (exact) mass is 155 g/mol. The second kappa shape index (κ2) is 3.74. The Labute approximate surface area is 68.4 Å². The summed E-state index contributed by atoms with van der Waals surface area (Å²) in [6.07, 6.45) is 4.92. The maximum absolute atomic E-state index is 11.2. The molecular weight excluding hydrogens is 138 g/mol. The van der Waals surface area contributed by atoms with Crippen molar-refractivity contribution in [2.75, 3.05) is 0 Å². The molecule has 0 spiro atoms. The van der Waals surface area contributed by atoms with Crippen LogP contribution in [0.3, 0.4) is 0 Å². The Hall–Kier alpha value is -0.530. The van der Waals surface area contributed by atoms with Crippen LogP contribution in [-0.2, 0) is 4.79 Å². The van der Waals surface area contributed by atoms with Crippen LogP contribution in [0.15, 0.2) is 0 Å². The van der Waals surface area contributed by atoms with Gasteiger partial charge in [-0.25, -0.2) is 0 Å². The van der Waals surface area contributed by atoms with Crippen molar-refractivity contribution in [1.82, 2.24) is 5.32 Å². The maximum Gasteiger partial charge on any atom is 0.222 e. The molecule has 1 saturated carbocycles. The second-order valence-electron chi connectivity index (χ2n) is 3.64. The molecule has 0 aromatic rings. The lowest BCUT2D eigenvalue weighted by atomic mass is 10.2. The normalized spacial score (nSPS) is 19.2. The fourth-order valence-corrected chi connectivity index (χ4v) is 1.44. The summed E-state index contributed by atoms with van der Waals surface area (Å²) in [4.78, 5) is 11.2. The van der Waals surface area contributed by atoms with Crippen molar-refractivity contribution in [3.8, 4) is 0 Å². The molecular formula is C9H17NO. The predicted octanol–water partition coefficient (Wildman–Crippen LogP) is 1.70. The zero-order chi connectivity index (χ0) is 8.27. The first-order chi connectivity index (χ1) is 5.20. The number of carbonyl (C=O) groups is 1. The third-order valence-corrected chi connectivity index (χ3v) is 2.23. The minimum absolute atomic E-state index is 0.135. The van der Waals surface area contributed by atoms with Crippen LogP contribution < -0.4 is 5.32 Å². The van der Waals surface area contributed by atoms with Crippen LogP contribution in [0.1, 0.15) is 39.5 Å². The highest BCUT2D eigenvalue weighted by Gasteiger charge is 2.17. The molecule has 1 amide bonds. The van der Waals surface area contributed by atoms with Gasteiger partial charge in [0.25, 0.3) is 0 Å². The molecule has 0 radical (unpaired) electrons. The third kappa shape index (κ3) is 2.52. The van der Waals surface area contributed by atoms with Crippen LogP contribution in [0.4, 0.5) is 0 Å². The highest BCUT2D eigenvalue weighted by molar-refractivity contribution is 5.78. The first kappa shape index (κ1) is 8.57. The summed E-state index contributed by atoms with van der Waals surface area (Å²) in [6.45, 7) is 3.87. The Morgan fingerprint density at radius 2 is 1.91 bits per heavy atom. The largest absolute Gasteiger partial charge is 0.353 e. The van der Waals surface area contributed by atoms with E-state index in [1.807, 2.05) is 13.8 Å². The number of amides is 1. The zero-order valence-electron chi connectivity index (χ0n) is 7.39. The number of hydrogen-bond acceptors (Lipinski definition) is 1. The van der Waals surface area contributed by atoms with E-state index >= 15 is 0 Å². The molecule has 0 saturated heterocycles. The van der Waals surface area contributed by atoms with Gasteiger partial charge in [0.15, 0.2) is 0 Å². The molecule has 2 nitrogen and oxygen atoms in total. The maximum atomic E-state index is 11.2. The molecule has 0 atom stereocenters. The van der Waals surface area contributed by atoms with Gasteiger partial charge >= 0.3 is 0 Å². The van der Waals surface area contributed by atoms with E-state index in [1.54, 1.807) is 0 Å². The highest BCUT2D eigenvalue weighted by atomic mass is 16.1. The topological polar surface area (TPSA) is 29.1 Å². The van der Waals surface area contributed by atoms with Crippen molar-refractivity contribution in [2.45, 2.75) is 45.6 Å². The first-order valence-electron chi connectivity index (χ1n) is 4.50. The Balaban J connectivity index is 2.24. The van der Waals surface area contributed by atoms with Crippen molar-refractivity contribution < 1.29 is 4.79 Å². The van der Waals surface area contributed by atoms with Crippen LogP contribution in [0.5, 0.6) is 0 Å². The van der Waals surface area contributed by atoms with Crippen molar-refractivity contribution in [1.29, 1.82) is 0 Å². The van der Waals surface area contributed by atoms with Gasteiger partial charge in [-0.15, -0.1) is 0 Å². The molecule has 0 aliphatic heterocycles. The Morgan fingerprint density at radius 3 is 2.36 bits per heavy atom. The third-order valence-electron chi connectivity index (χ3n) is 2.23. The lowest BCUT2D eigenvalue weighted by Crippen LogP contribution is -2.35. The average Bonchev–Trinajstić information content (AvgIpc) is 2.39. The van der Waals surface area contributed by atoms with Gasteiger partial charge in [0.2, 0.25) is 5.91 Å². The molecule has 0 heterocycles. The standard InChI is InChI=1S/C9H17NO/c1-7(2)9(11)10-8-5-3-4-6-8/h7-8H,3-6H2,1-2H3,(H,10,11). The van der Waals surface area contributed by atoms with Gasteiger partial charge in [-0.1, -0.05) is 26.7 Å². The molecule has 1 aliphatic rings. The Bertz CT molecular complexity index is 136. The smallest absolute Gasteiger partial charge is 0.222 e. The van der Waals surface area contributed by atoms with E-state index in [9.17, 15) is 4.79 Å². The molecule has 11 heavy (non-hydrogen) atoms. The number of nitrogens with one attached hydrogen (secondary N) is 1. The quantitative estimate of drug-likeness (QED) is 0.646. The SMILES string of the molecule is CC(C)C(=O)NC1CCCC1. The summed E-state index contributed by atoms with van der Waals surface area (Å²) in [5.41, 5.74) is 0. The molecule has 0 bridgehead atoms. The van der Waals surface area contributed by atoms with E-state index in [4.69, 9.17) is 0 Å². The van der Waals surface area contributed by atoms with Crippen molar-refractivity contribution in [3.05, 3.63) is 0 Å². The molecule has 0 aromatic carbocycles. The first-order valence-corrected chi connectivity index (χ1v) is 4.50.